The third-order valence-corrected chi connectivity index (χ3v) is 5.98. The average Bonchev–Trinajstić information content (AvgIpc) is 3.26. The largest absolute Gasteiger partial charge is 0.496 e. The Bertz CT molecular complexity index is 745. The van der Waals surface area contributed by atoms with E-state index in [2.05, 4.69) is 5.32 Å². The van der Waals surface area contributed by atoms with Gasteiger partial charge >= 0.3 is 0 Å². The van der Waals surface area contributed by atoms with Crippen LogP contribution in [0.2, 0.25) is 0 Å². The fourth-order valence-corrected chi connectivity index (χ4v) is 4.42. The van der Waals surface area contributed by atoms with Crippen LogP contribution in [0.3, 0.4) is 0 Å². The fraction of sp³-hybridized carbons (Fsp3) is 0.619. The van der Waals surface area contributed by atoms with E-state index in [4.69, 9.17) is 14.2 Å². The summed E-state index contributed by atoms with van der Waals surface area (Å²) in [6, 6.07) is 3.99. The molecule has 1 aromatic rings. The molecule has 1 saturated heterocycles. The van der Waals surface area contributed by atoms with Crippen LogP contribution in [0.5, 0.6) is 17.2 Å². The molecule has 4 rings (SSSR count). The number of nitrogens with zero attached hydrogens (tertiary/aromatic N) is 1. The van der Waals surface area contributed by atoms with Gasteiger partial charge in [-0.3, -0.25) is 9.59 Å². The first-order valence-electron chi connectivity index (χ1n) is 10.2. The van der Waals surface area contributed by atoms with Crippen LogP contribution < -0.4 is 19.5 Å². The van der Waals surface area contributed by atoms with Gasteiger partial charge in [0.1, 0.15) is 19.0 Å². The predicted molar refractivity (Wildman–Crippen MR) is 103 cm³/mol. The molecule has 2 fully saturated rings. The smallest absolute Gasteiger partial charge is 0.225 e. The van der Waals surface area contributed by atoms with Gasteiger partial charge in [-0.05, 0) is 25.3 Å². The van der Waals surface area contributed by atoms with Crippen LogP contribution in [0.25, 0.3) is 0 Å². The predicted octanol–water partition coefficient (Wildman–Crippen LogP) is 2.26. The third kappa shape index (κ3) is 3.88. The Morgan fingerprint density at radius 2 is 1.89 bits per heavy atom. The molecule has 0 spiro atoms. The molecule has 0 bridgehead atoms. The van der Waals surface area contributed by atoms with E-state index < -0.39 is 0 Å². The van der Waals surface area contributed by atoms with Crippen LogP contribution in [-0.2, 0) is 16.1 Å². The summed E-state index contributed by atoms with van der Waals surface area (Å²) in [4.78, 5) is 27.0. The van der Waals surface area contributed by atoms with Crippen molar-refractivity contribution in [2.24, 2.45) is 5.92 Å². The van der Waals surface area contributed by atoms with Crippen molar-refractivity contribution in [1.29, 1.82) is 0 Å². The Labute approximate surface area is 165 Å². The molecule has 0 aromatic heterocycles. The van der Waals surface area contributed by atoms with Crippen molar-refractivity contribution in [2.75, 3.05) is 26.9 Å². The molecule has 3 aliphatic rings. The number of rotatable bonds is 5. The van der Waals surface area contributed by atoms with Gasteiger partial charge in [-0.2, -0.15) is 0 Å². The normalized spacial score (nSPS) is 22.2. The van der Waals surface area contributed by atoms with E-state index in [1.807, 2.05) is 11.0 Å². The van der Waals surface area contributed by atoms with Crippen LogP contribution in [0, 0.1) is 5.92 Å². The Kier molecular flexibility index (Phi) is 5.59. The van der Waals surface area contributed by atoms with Crippen molar-refractivity contribution in [3.63, 3.8) is 0 Å². The number of piperidine rings is 1. The molecule has 1 aromatic carbocycles. The van der Waals surface area contributed by atoms with E-state index in [1.54, 1.807) is 13.2 Å². The lowest BCUT2D eigenvalue weighted by molar-refractivity contribution is -0.140. The minimum Gasteiger partial charge on any atom is -0.496 e. The van der Waals surface area contributed by atoms with Crippen LogP contribution in [0.4, 0.5) is 0 Å². The quantitative estimate of drug-likeness (QED) is 0.837. The molecule has 1 N–H and O–H groups in total. The maximum absolute atomic E-state index is 12.8. The zero-order valence-corrected chi connectivity index (χ0v) is 16.4. The van der Waals surface area contributed by atoms with Gasteiger partial charge in [0.05, 0.1) is 13.0 Å². The zero-order valence-electron chi connectivity index (χ0n) is 16.4. The molecule has 152 valence electrons. The number of likely N-dealkylation sites (tertiary alicyclic amines) is 1. The fourth-order valence-electron chi connectivity index (χ4n) is 4.42. The van der Waals surface area contributed by atoms with Crippen molar-refractivity contribution in [2.45, 2.75) is 51.1 Å². The van der Waals surface area contributed by atoms with Crippen LogP contribution >= 0.6 is 0 Å². The summed E-state index contributed by atoms with van der Waals surface area (Å²) in [5.41, 5.74) is 0.847. The Hall–Kier alpha value is -2.44. The minimum atomic E-state index is -0.151. The van der Waals surface area contributed by atoms with Crippen molar-refractivity contribution < 1.29 is 23.8 Å². The van der Waals surface area contributed by atoms with E-state index in [1.165, 1.54) is 12.8 Å². The SMILES string of the molecule is COc1cc2c(cc1CNC(=O)C1CCC(=O)N(C3CCCC3)C1)OCCO2. The lowest BCUT2D eigenvalue weighted by Crippen LogP contribution is -2.49. The van der Waals surface area contributed by atoms with Crippen LogP contribution in [-0.4, -0.2) is 49.6 Å². The van der Waals surface area contributed by atoms with Gasteiger partial charge in [-0.25, -0.2) is 0 Å². The highest BCUT2D eigenvalue weighted by molar-refractivity contribution is 5.84. The molecule has 1 saturated carbocycles. The topological polar surface area (TPSA) is 77.1 Å². The summed E-state index contributed by atoms with van der Waals surface area (Å²) in [5.74, 6) is 2.04. The van der Waals surface area contributed by atoms with Crippen molar-refractivity contribution >= 4 is 11.8 Å². The van der Waals surface area contributed by atoms with E-state index in [0.29, 0.717) is 62.4 Å². The van der Waals surface area contributed by atoms with E-state index in [0.717, 1.165) is 18.4 Å². The van der Waals surface area contributed by atoms with E-state index in [9.17, 15) is 9.59 Å². The standard InChI is InChI=1S/C21H28N2O5/c1-26-17-11-19-18(27-8-9-28-19)10-15(17)12-22-21(25)14-6-7-20(24)23(13-14)16-4-2-3-5-16/h10-11,14,16H,2-9,12-13H2,1H3,(H,22,25). The summed E-state index contributed by atoms with van der Waals surface area (Å²) in [5, 5.41) is 3.02. The average molecular weight is 388 g/mol. The van der Waals surface area contributed by atoms with Crippen molar-refractivity contribution in [3.05, 3.63) is 17.7 Å². The first-order chi connectivity index (χ1) is 13.7. The number of ether oxygens (including phenoxy) is 3. The zero-order chi connectivity index (χ0) is 19.5. The lowest BCUT2D eigenvalue weighted by Gasteiger charge is -2.36. The molecular formula is C21H28N2O5. The second-order valence-corrected chi connectivity index (χ2v) is 7.75. The first kappa shape index (κ1) is 18.9. The van der Waals surface area contributed by atoms with Gasteiger partial charge in [0.25, 0.3) is 0 Å². The molecule has 7 nitrogen and oxygen atoms in total. The minimum absolute atomic E-state index is 0.00700. The number of methoxy groups -OCH3 is 1. The van der Waals surface area contributed by atoms with Gasteiger partial charge < -0.3 is 24.4 Å². The molecule has 2 heterocycles. The Balaban J connectivity index is 1.39. The van der Waals surface area contributed by atoms with Gasteiger partial charge in [0, 0.05) is 37.2 Å². The highest BCUT2D eigenvalue weighted by Crippen LogP contribution is 2.36. The number of carbonyl (C=O) groups is 2. The summed E-state index contributed by atoms with van der Waals surface area (Å²) in [6.07, 6.45) is 5.56. The molecule has 1 aliphatic carbocycles. The summed E-state index contributed by atoms with van der Waals surface area (Å²) < 4.78 is 16.7. The molecule has 1 atom stereocenters. The van der Waals surface area contributed by atoms with Gasteiger partial charge in [0.2, 0.25) is 11.8 Å². The number of fused-ring (bicyclic) bond motifs is 1. The highest BCUT2D eigenvalue weighted by Gasteiger charge is 2.35. The monoisotopic (exact) mass is 388 g/mol. The Morgan fingerprint density at radius 1 is 1.18 bits per heavy atom. The summed E-state index contributed by atoms with van der Waals surface area (Å²) >= 11 is 0. The molecule has 0 radical (unpaired) electrons. The number of nitrogens with one attached hydrogen (secondary N) is 1. The molecule has 1 unspecified atom stereocenters. The van der Waals surface area contributed by atoms with Crippen molar-refractivity contribution in [3.8, 4) is 17.2 Å². The number of hydrogen-bond acceptors (Lipinski definition) is 5. The maximum atomic E-state index is 12.8. The number of hydrogen-bond donors (Lipinski definition) is 1. The number of amides is 2. The summed E-state index contributed by atoms with van der Waals surface area (Å²) in [7, 11) is 1.60. The maximum Gasteiger partial charge on any atom is 0.225 e. The molecule has 2 amide bonds. The van der Waals surface area contributed by atoms with Crippen LogP contribution in [0.15, 0.2) is 12.1 Å². The van der Waals surface area contributed by atoms with E-state index >= 15 is 0 Å². The second-order valence-electron chi connectivity index (χ2n) is 7.75. The van der Waals surface area contributed by atoms with E-state index in [-0.39, 0.29) is 17.7 Å². The molecule has 2 aliphatic heterocycles. The van der Waals surface area contributed by atoms with Gasteiger partial charge in [-0.15, -0.1) is 0 Å². The molecule has 28 heavy (non-hydrogen) atoms. The number of carbonyl (C=O) groups excluding carboxylic acids is 2. The molecule has 7 heteroatoms. The first-order valence-corrected chi connectivity index (χ1v) is 10.2. The third-order valence-electron chi connectivity index (χ3n) is 5.98. The highest BCUT2D eigenvalue weighted by atomic mass is 16.6. The number of benzene rings is 1. The second kappa shape index (κ2) is 8.29. The van der Waals surface area contributed by atoms with Gasteiger partial charge in [0.15, 0.2) is 11.5 Å². The van der Waals surface area contributed by atoms with Crippen molar-refractivity contribution in [1.82, 2.24) is 10.2 Å². The van der Waals surface area contributed by atoms with Gasteiger partial charge in [-0.1, -0.05) is 12.8 Å². The summed E-state index contributed by atoms with van der Waals surface area (Å²) in [6.45, 7) is 1.92. The lowest BCUT2D eigenvalue weighted by atomic mass is 9.94. The van der Waals surface area contributed by atoms with Crippen LogP contribution in [0.1, 0.15) is 44.1 Å². The molecular weight excluding hydrogens is 360 g/mol. The Morgan fingerprint density at radius 3 is 2.61 bits per heavy atom.